The third-order valence-electron chi connectivity index (χ3n) is 6.82. The van der Waals surface area contributed by atoms with Crippen molar-refractivity contribution in [1.82, 2.24) is 14.5 Å². The molecule has 1 aliphatic heterocycles. The van der Waals surface area contributed by atoms with E-state index in [0.717, 1.165) is 59.6 Å². The van der Waals surface area contributed by atoms with Gasteiger partial charge >= 0.3 is 6.18 Å². The van der Waals surface area contributed by atoms with Crippen molar-refractivity contribution in [2.75, 3.05) is 13.3 Å². The van der Waals surface area contributed by atoms with Gasteiger partial charge in [-0.3, -0.25) is 4.90 Å². The van der Waals surface area contributed by atoms with Crippen molar-refractivity contribution in [3.63, 3.8) is 0 Å². The van der Waals surface area contributed by atoms with Crippen molar-refractivity contribution in [1.29, 1.82) is 0 Å². The van der Waals surface area contributed by atoms with Gasteiger partial charge in [-0.15, -0.1) is 0 Å². The SMILES string of the molecule is CCCCn1c(CN(CC=Cc2cccc(C(F)(F)F)c2)Cc2ccc3c(c2)OCO3)cnc1-c1ccccc1. The predicted molar refractivity (Wildman–Crippen MR) is 150 cm³/mol. The molecule has 2 heterocycles. The van der Waals surface area contributed by atoms with E-state index < -0.39 is 11.7 Å². The maximum Gasteiger partial charge on any atom is 0.416 e. The molecule has 0 aliphatic carbocycles. The fraction of sp³-hybridized carbons (Fsp3) is 0.281. The molecule has 4 aromatic rings. The molecule has 0 unspecified atom stereocenters. The van der Waals surface area contributed by atoms with Gasteiger partial charge < -0.3 is 14.0 Å². The molecule has 0 atom stereocenters. The van der Waals surface area contributed by atoms with Crippen LogP contribution in [-0.4, -0.2) is 27.8 Å². The lowest BCUT2D eigenvalue weighted by Crippen LogP contribution is -2.24. The summed E-state index contributed by atoms with van der Waals surface area (Å²) >= 11 is 0. The van der Waals surface area contributed by atoms with E-state index in [1.165, 1.54) is 12.1 Å². The molecule has 1 aliphatic rings. The molecule has 0 spiro atoms. The van der Waals surface area contributed by atoms with Gasteiger partial charge in [0.25, 0.3) is 0 Å². The monoisotopic (exact) mass is 547 g/mol. The van der Waals surface area contributed by atoms with Crippen LogP contribution in [0, 0.1) is 0 Å². The Kier molecular flexibility index (Phi) is 8.55. The smallest absolute Gasteiger partial charge is 0.416 e. The Labute approximate surface area is 232 Å². The first-order valence-electron chi connectivity index (χ1n) is 13.4. The second-order valence-electron chi connectivity index (χ2n) is 9.83. The number of hydrogen-bond acceptors (Lipinski definition) is 4. The molecule has 0 saturated carbocycles. The predicted octanol–water partition coefficient (Wildman–Crippen LogP) is 7.81. The van der Waals surface area contributed by atoms with Gasteiger partial charge in [-0.05, 0) is 41.8 Å². The zero-order valence-electron chi connectivity index (χ0n) is 22.4. The number of halogens is 3. The van der Waals surface area contributed by atoms with Crippen LogP contribution in [0.3, 0.4) is 0 Å². The summed E-state index contributed by atoms with van der Waals surface area (Å²) in [4.78, 5) is 7.03. The van der Waals surface area contributed by atoms with Crippen molar-refractivity contribution in [3.8, 4) is 22.9 Å². The molecule has 0 saturated heterocycles. The number of nitrogens with zero attached hydrogens (tertiary/aromatic N) is 3. The second-order valence-corrected chi connectivity index (χ2v) is 9.83. The molecule has 0 N–H and O–H groups in total. The largest absolute Gasteiger partial charge is 0.454 e. The number of hydrogen-bond donors (Lipinski definition) is 0. The summed E-state index contributed by atoms with van der Waals surface area (Å²) in [5.74, 6) is 2.38. The highest BCUT2D eigenvalue weighted by atomic mass is 19.4. The summed E-state index contributed by atoms with van der Waals surface area (Å²) in [5.41, 5.74) is 3.06. The summed E-state index contributed by atoms with van der Waals surface area (Å²) in [6.45, 7) is 5.00. The number of fused-ring (bicyclic) bond motifs is 1. The van der Waals surface area contributed by atoms with Gasteiger partial charge in [-0.25, -0.2) is 4.98 Å². The fourth-order valence-electron chi connectivity index (χ4n) is 4.79. The Bertz CT molecular complexity index is 1450. The highest BCUT2D eigenvalue weighted by molar-refractivity contribution is 5.56. The fourth-order valence-corrected chi connectivity index (χ4v) is 4.79. The summed E-state index contributed by atoms with van der Waals surface area (Å²) in [6.07, 6.45) is 3.30. The number of rotatable bonds is 11. The van der Waals surface area contributed by atoms with Gasteiger partial charge in [-0.2, -0.15) is 13.2 Å². The van der Waals surface area contributed by atoms with Gasteiger partial charge in [0.1, 0.15) is 5.82 Å². The Morgan fingerprint density at radius 3 is 2.58 bits per heavy atom. The molecule has 0 amide bonds. The number of imidazole rings is 1. The van der Waals surface area contributed by atoms with Crippen LogP contribution in [-0.2, 0) is 25.8 Å². The van der Waals surface area contributed by atoms with E-state index in [1.807, 2.05) is 48.7 Å². The van der Waals surface area contributed by atoms with Crippen LogP contribution < -0.4 is 9.47 Å². The lowest BCUT2D eigenvalue weighted by atomic mass is 10.1. The van der Waals surface area contributed by atoms with E-state index in [1.54, 1.807) is 12.1 Å². The molecule has 0 radical (unpaired) electrons. The Morgan fingerprint density at radius 2 is 1.77 bits per heavy atom. The molecular formula is C32H32F3N3O2. The molecule has 5 nitrogen and oxygen atoms in total. The van der Waals surface area contributed by atoms with Crippen LogP contribution in [0.15, 0.2) is 85.1 Å². The van der Waals surface area contributed by atoms with Crippen molar-refractivity contribution in [2.45, 2.75) is 45.6 Å². The second kappa shape index (κ2) is 12.4. The van der Waals surface area contributed by atoms with E-state index in [9.17, 15) is 13.2 Å². The summed E-state index contributed by atoms with van der Waals surface area (Å²) in [7, 11) is 0. The number of benzene rings is 3. The molecule has 0 fully saturated rings. The number of aromatic nitrogens is 2. The third kappa shape index (κ3) is 6.74. The molecule has 3 aromatic carbocycles. The van der Waals surface area contributed by atoms with Crippen molar-refractivity contribution in [2.24, 2.45) is 0 Å². The zero-order valence-corrected chi connectivity index (χ0v) is 22.4. The highest BCUT2D eigenvalue weighted by Crippen LogP contribution is 2.33. The van der Waals surface area contributed by atoms with Crippen molar-refractivity contribution in [3.05, 3.63) is 107 Å². The standard InChI is InChI=1S/C32H32F3N3O2/c1-2-3-17-38-28(20-36-31(38)26-11-5-4-6-12-26)22-37(21-25-14-15-29-30(19-25)40-23-39-29)16-8-10-24-9-7-13-27(18-24)32(33,34)35/h4-15,18-20H,2-3,16-17,21-23H2,1H3. The van der Waals surface area contributed by atoms with Crippen LogP contribution >= 0.6 is 0 Å². The average molecular weight is 548 g/mol. The minimum absolute atomic E-state index is 0.209. The summed E-state index contributed by atoms with van der Waals surface area (Å²) < 4.78 is 52.9. The quantitative estimate of drug-likeness (QED) is 0.192. The van der Waals surface area contributed by atoms with Gasteiger partial charge in [0.2, 0.25) is 6.79 Å². The van der Waals surface area contributed by atoms with Crippen molar-refractivity contribution >= 4 is 6.08 Å². The van der Waals surface area contributed by atoms with Crippen LogP contribution in [0.1, 0.15) is 42.1 Å². The first-order valence-corrected chi connectivity index (χ1v) is 13.4. The van der Waals surface area contributed by atoms with E-state index in [0.29, 0.717) is 25.2 Å². The van der Waals surface area contributed by atoms with Gasteiger partial charge in [-0.1, -0.05) is 74.0 Å². The first kappa shape index (κ1) is 27.5. The van der Waals surface area contributed by atoms with Crippen LogP contribution in [0.2, 0.25) is 0 Å². The van der Waals surface area contributed by atoms with Crippen LogP contribution in [0.5, 0.6) is 11.5 Å². The lowest BCUT2D eigenvalue weighted by Gasteiger charge is -2.22. The highest BCUT2D eigenvalue weighted by Gasteiger charge is 2.30. The summed E-state index contributed by atoms with van der Waals surface area (Å²) in [6, 6.07) is 21.4. The zero-order chi connectivity index (χ0) is 28.0. The topological polar surface area (TPSA) is 39.5 Å². The maximum atomic E-state index is 13.2. The maximum absolute atomic E-state index is 13.2. The molecule has 8 heteroatoms. The number of ether oxygens (including phenoxy) is 2. The van der Waals surface area contributed by atoms with E-state index in [4.69, 9.17) is 14.5 Å². The number of alkyl halides is 3. The Hall–Kier alpha value is -4.04. The molecule has 40 heavy (non-hydrogen) atoms. The van der Waals surface area contributed by atoms with E-state index in [2.05, 4.69) is 28.5 Å². The minimum Gasteiger partial charge on any atom is -0.454 e. The number of unbranched alkanes of at least 4 members (excludes halogenated alkanes) is 1. The van der Waals surface area contributed by atoms with Crippen LogP contribution in [0.4, 0.5) is 13.2 Å². The van der Waals surface area contributed by atoms with Gasteiger partial charge in [0.05, 0.1) is 17.5 Å². The molecule has 1 aromatic heterocycles. The minimum atomic E-state index is -4.37. The molecular weight excluding hydrogens is 515 g/mol. The first-order chi connectivity index (χ1) is 19.4. The van der Waals surface area contributed by atoms with Crippen LogP contribution in [0.25, 0.3) is 17.5 Å². The Morgan fingerprint density at radius 1 is 0.950 bits per heavy atom. The molecule has 5 rings (SSSR count). The lowest BCUT2D eigenvalue weighted by molar-refractivity contribution is -0.137. The molecule has 0 bridgehead atoms. The van der Waals surface area contributed by atoms with E-state index in [-0.39, 0.29) is 6.79 Å². The average Bonchev–Trinajstić information content (AvgIpc) is 3.58. The van der Waals surface area contributed by atoms with Gasteiger partial charge in [0.15, 0.2) is 11.5 Å². The summed E-state index contributed by atoms with van der Waals surface area (Å²) in [5, 5.41) is 0. The molecule has 208 valence electrons. The normalized spacial score (nSPS) is 13.0. The van der Waals surface area contributed by atoms with Gasteiger partial charge in [0, 0.05) is 31.7 Å². The van der Waals surface area contributed by atoms with Crippen molar-refractivity contribution < 1.29 is 22.6 Å². The Balaban J connectivity index is 1.41. The van der Waals surface area contributed by atoms with E-state index >= 15 is 0 Å². The third-order valence-corrected chi connectivity index (χ3v) is 6.82.